The van der Waals surface area contributed by atoms with Crippen LogP contribution < -0.4 is 20.9 Å². The third-order valence-corrected chi connectivity index (χ3v) is 5.97. The van der Waals surface area contributed by atoms with Gasteiger partial charge in [-0.1, -0.05) is 0 Å². The third-order valence-electron chi connectivity index (χ3n) is 5.97. The zero-order chi connectivity index (χ0) is 18.9. The van der Waals surface area contributed by atoms with Crippen LogP contribution in [0.2, 0.25) is 0 Å². The van der Waals surface area contributed by atoms with Crippen molar-refractivity contribution < 1.29 is 19.7 Å². The van der Waals surface area contributed by atoms with Crippen LogP contribution in [0.4, 0.5) is 5.69 Å². The van der Waals surface area contributed by atoms with Gasteiger partial charge < -0.3 is 30.6 Å². The number of aromatic hydroxyl groups is 1. The van der Waals surface area contributed by atoms with E-state index in [1.165, 1.54) is 0 Å². The van der Waals surface area contributed by atoms with Crippen LogP contribution in [0.3, 0.4) is 0 Å². The number of fused-ring (bicyclic) bond motifs is 4. The van der Waals surface area contributed by atoms with Gasteiger partial charge in [0.2, 0.25) is 0 Å². The largest absolute Gasteiger partial charge is 0.506 e. The van der Waals surface area contributed by atoms with E-state index in [-0.39, 0.29) is 19.0 Å². The third kappa shape index (κ3) is 2.63. The fraction of sp³-hybridized carbons (Fsp3) is 0.368. The second-order valence-corrected chi connectivity index (χ2v) is 7.43. The number of nitrogens with two attached hydrogens (primary N) is 1. The number of carboxylic acid groups (broad SMARTS) is 1. The second-order valence-electron chi connectivity index (χ2n) is 7.43. The maximum atomic E-state index is 12.2. The number of carboxylic acids is 1. The zero-order valence-electron chi connectivity index (χ0n) is 14.8. The summed E-state index contributed by atoms with van der Waals surface area (Å²) in [6.07, 6.45) is 0.297. The summed E-state index contributed by atoms with van der Waals surface area (Å²) >= 11 is 0. The van der Waals surface area contributed by atoms with Crippen molar-refractivity contribution in [2.75, 3.05) is 24.6 Å². The molecule has 0 spiro atoms. The molecule has 1 saturated heterocycles. The summed E-state index contributed by atoms with van der Waals surface area (Å²) in [7, 11) is 0. The van der Waals surface area contributed by atoms with Gasteiger partial charge in [0.05, 0.1) is 12.3 Å². The molecule has 1 aromatic heterocycles. The topological polar surface area (TPSA) is 129 Å². The molecule has 0 radical (unpaired) electrons. The second kappa shape index (κ2) is 6.42. The fourth-order valence-electron chi connectivity index (χ4n) is 4.38. The van der Waals surface area contributed by atoms with E-state index in [4.69, 9.17) is 10.5 Å². The number of pyridine rings is 1. The van der Waals surface area contributed by atoms with E-state index in [0.717, 1.165) is 18.8 Å². The number of halogens is 1. The van der Waals surface area contributed by atoms with Crippen molar-refractivity contribution in [1.29, 1.82) is 0 Å². The number of aromatic amines is 1. The quantitative estimate of drug-likeness (QED) is 0.590. The van der Waals surface area contributed by atoms with E-state index in [0.29, 0.717) is 46.9 Å². The average molecular weight is 406 g/mol. The van der Waals surface area contributed by atoms with Gasteiger partial charge >= 0.3 is 5.97 Å². The first-order valence-electron chi connectivity index (χ1n) is 8.95. The summed E-state index contributed by atoms with van der Waals surface area (Å²) in [6, 6.07) is 6.05. The molecule has 3 heterocycles. The number of piperidine rings is 1. The van der Waals surface area contributed by atoms with Crippen molar-refractivity contribution in [3.8, 4) is 22.8 Å². The van der Waals surface area contributed by atoms with Crippen LogP contribution >= 0.6 is 12.4 Å². The molecule has 5 rings (SSSR count). The molecular weight excluding hydrogens is 386 g/mol. The number of benzene rings is 1. The number of H-pyrrole nitrogens is 1. The van der Waals surface area contributed by atoms with E-state index in [1.54, 1.807) is 0 Å². The maximum Gasteiger partial charge on any atom is 0.345 e. The van der Waals surface area contributed by atoms with Gasteiger partial charge in [0, 0.05) is 48.4 Å². The Labute approximate surface area is 166 Å². The smallest absolute Gasteiger partial charge is 0.345 e. The van der Waals surface area contributed by atoms with E-state index in [9.17, 15) is 19.8 Å². The Hall–Kier alpha value is -2.71. The molecule has 2 fully saturated rings. The van der Waals surface area contributed by atoms with Crippen LogP contribution in [-0.2, 0) is 6.42 Å². The SMILES string of the molecule is Cl.N[C@@H]1[C@H]2CN(c3ccc4c(c3)OCCc3c-4[nH]c(=O)c(C(=O)O)c3O)C[C@@H]12. The van der Waals surface area contributed by atoms with Gasteiger partial charge in [-0.15, -0.1) is 12.4 Å². The number of ether oxygens (including phenoxy) is 1. The molecule has 9 heteroatoms. The lowest BCUT2D eigenvalue weighted by molar-refractivity contribution is 0.0691. The molecular formula is C19H20ClN3O5. The van der Waals surface area contributed by atoms with Crippen molar-refractivity contribution in [3.05, 3.63) is 39.7 Å². The number of hydrogen-bond acceptors (Lipinski definition) is 6. The number of hydrogen-bond donors (Lipinski definition) is 4. The minimum absolute atomic E-state index is 0. The summed E-state index contributed by atoms with van der Waals surface area (Å²) in [5.74, 6) is -0.214. The Morgan fingerprint density at radius 3 is 2.68 bits per heavy atom. The number of aromatic carboxylic acids is 1. The minimum atomic E-state index is -1.46. The number of aromatic nitrogens is 1. The van der Waals surface area contributed by atoms with Crippen molar-refractivity contribution in [2.45, 2.75) is 12.5 Å². The number of nitrogens with zero attached hydrogens (tertiary/aromatic N) is 1. The summed E-state index contributed by atoms with van der Waals surface area (Å²) in [4.78, 5) is 28.3. The zero-order valence-corrected chi connectivity index (χ0v) is 15.7. The highest BCUT2D eigenvalue weighted by atomic mass is 35.5. The van der Waals surface area contributed by atoms with Crippen LogP contribution in [0.25, 0.3) is 11.3 Å². The first-order chi connectivity index (χ1) is 13.0. The Balaban J connectivity index is 0.00000192. The summed E-state index contributed by atoms with van der Waals surface area (Å²) in [6.45, 7) is 2.14. The molecule has 3 aliphatic rings. The molecule has 1 aliphatic carbocycles. The number of anilines is 1. The van der Waals surface area contributed by atoms with Crippen LogP contribution in [-0.4, -0.2) is 46.9 Å². The monoisotopic (exact) mass is 405 g/mol. The van der Waals surface area contributed by atoms with Gasteiger partial charge in [-0.05, 0) is 24.0 Å². The minimum Gasteiger partial charge on any atom is -0.506 e. The average Bonchev–Trinajstić information content (AvgIpc) is 3.06. The van der Waals surface area contributed by atoms with E-state index in [2.05, 4.69) is 9.88 Å². The Morgan fingerprint density at radius 2 is 2.00 bits per heavy atom. The van der Waals surface area contributed by atoms with Crippen molar-refractivity contribution in [2.24, 2.45) is 17.6 Å². The van der Waals surface area contributed by atoms with Gasteiger partial charge in [-0.25, -0.2) is 4.79 Å². The van der Waals surface area contributed by atoms with E-state index in [1.807, 2.05) is 18.2 Å². The van der Waals surface area contributed by atoms with Crippen molar-refractivity contribution in [3.63, 3.8) is 0 Å². The number of nitrogens with one attached hydrogen (secondary N) is 1. The van der Waals surface area contributed by atoms with Crippen LogP contribution in [0.5, 0.6) is 11.5 Å². The fourth-order valence-corrected chi connectivity index (χ4v) is 4.38. The molecule has 0 unspecified atom stereocenters. The van der Waals surface area contributed by atoms with Gasteiger partial charge in [-0.3, -0.25) is 4.79 Å². The maximum absolute atomic E-state index is 12.2. The first kappa shape index (κ1) is 18.6. The summed E-state index contributed by atoms with van der Waals surface area (Å²) in [5, 5.41) is 19.5. The van der Waals surface area contributed by atoms with Gasteiger partial charge in [0.1, 0.15) is 11.5 Å². The van der Waals surface area contributed by atoms with Gasteiger partial charge in [-0.2, -0.15) is 0 Å². The molecule has 1 aromatic carbocycles. The predicted octanol–water partition coefficient (Wildman–Crippen LogP) is 1.20. The highest BCUT2D eigenvalue weighted by Crippen LogP contribution is 2.46. The Morgan fingerprint density at radius 1 is 1.29 bits per heavy atom. The van der Waals surface area contributed by atoms with E-state index >= 15 is 0 Å². The van der Waals surface area contributed by atoms with Crippen LogP contribution in [0.1, 0.15) is 15.9 Å². The Kier molecular flexibility index (Phi) is 4.28. The summed E-state index contributed by atoms with van der Waals surface area (Å²) < 4.78 is 5.85. The highest BCUT2D eigenvalue weighted by Gasteiger charge is 2.53. The molecule has 1 saturated carbocycles. The Bertz CT molecular complexity index is 1020. The highest BCUT2D eigenvalue weighted by molar-refractivity contribution is 5.92. The van der Waals surface area contributed by atoms with Crippen molar-refractivity contribution in [1.82, 2.24) is 4.98 Å². The molecule has 28 heavy (non-hydrogen) atoms. The standard InChI is InChI=1S/C19H19N3O5.ClH/c20-15-11-6-22(7-12(11)15)8-1-2-9-13(5-8)27-4-3-10-16(9)21-18(24)14(17(10)23)19(25)26;/h1-2,5,11-12,15H,3-4,6-7,20H2,(H,25,26)(H2,21,23,24);1H/t11-,12+,15+;. The van der Waals surface area contributed by atoms with Gasteiger partial charge in [0.25, 0.3) is 5.56 Å². The normalized spacial score (nSPS) is 24.2. The number of rotatable bonds is 2. The van der Waals surface area contributed by atoms with Crippen LogP contribution in [0.15, 0.2) is 23.0 Å². The predicted molar refractivity (Wildman–Crippen MR) is 105 cm³/mol. The lowest BCUT2D eigenvalue weighted by Gasteiger charge is -2.22. The van der Waals surface area contributed by atoms with Crippen molar-refractivity contribution >= 4 is 24.1 Å². The van der Waals surface area contributed by atoms with Crippen LogP contribution in [0, 0.1) is 11.8 Å². The van der Waals surface area contributed by atoms with Gasteiger partial charge in [0.15, 0.2) is 5.56 Å². The molecule has 148 valence electrons. The first-order valence-corrected chi connectivity index (χ1v) is 8.95. The molecule has 2 aromatic rings. The summed E-state index contributed by atoms with van der Waals surface area (Å²) in [5.41, 5.74) is 7.00. The van der Waals surface area contributed by atoms with E-state index < -0.39 is 22.8 Å². The number of carbonyl (C=O) groups is 1. The molecule has 0 amide bonds. The molecule has 5 N–H and O–H groups in total. The molecule has 2 aliphatic heterocycles. The lowest BCUT2D eigenvalue weighted by Crippen LogP contribution is -2.27. The molecule has 3 atom stereocenters. The molecule has 0 bridgehead atoms. The molecule has 8 nitrogen and oxygen atoms in total. The lowest BCUT2D eigenvalue weighted by atomic mass is 10.00.